The van der Waals surface area contributed by atoms with Gasteiger partial charge in [0, 0.05) is 28.6 Å². The zero-order valence-electron chi connectivity index (χ0n) is 13.0. The first-order valence-corrected chi connectivity index (χ1v) is 7.75. The Morgan fingerprint density at radius 2 is 1.79 bits per heavy atom. The van der Waals surface area contributed by atoms with Crippen molar-refractivity contribution in [2.45, 2.75) is 6.42 Å². The Balaban J connectivity index is 1.97. The molecule has 0 amide bonds. The molecule has 5 rings (SSSR count). The zero-order valence-corrected chi connectivity index (χ0v) is 13.0. The molecule has 1 aromatic heterocycles. The Bertz CT molecular complexity index is 1150. The molecule has 0 saturated carbocycles. The number of rotatable bonds is 0. The molecule has 1 aromatic carbocycles. The van der Waals surface area contributed by atoms with Crippen molar-refractivity contribution in [1.82, 2.24) is 4.57 Å². The number of carbonyl (C=O) groups excluding carboxylic acids is 1. The second kappa shape index (κ2) is 4.47. The minimum absolute atomic E-state index is 0.0786. The van der Waals surface area contributed by atoms with Gasteiger partial charge < -0.3 is 14.0 Å². The second-order valence-electron chi connectivity index (χ2n) is 6.03. The third-order valence-electron chi connectivity index (χ3n) is 4.76. The van der Waals surface area contributed by atoms with E-state index < -0.39 is 0 Å². The standard InChI is InChI=1S/C19H13NO4/c1-20-17-12-7-14-15(24-9-23-14)8-13(12)18(21)16(17)10-5-3-2-4-6-11(10)19(20)22/h2-3,5-8H,4,9H2,1H3. The van der Waals surface area contributed by atoms with Crippen molar-refractivity contribution in [2.24, 2.45) is 7.05 Å². The van der Waals surface area contributed by atoms with Gasteiger partial charge in [0.2, 0.25) is 6.79 Å². The molecule has 0 fully saturated rings. The van der Waals surface area contributed by atoms with E-state index in [1.807, 2.05) is 24.3 Å². The molecule has 5 heteroatoms. The van der Waals surface area contributed by atoms with Crippen LogP contribution in [0.4, 0.5) is 0 Å². The Labute approximate surface area is 136 Å². The summed E-state index contributed by atoms with van der Waals surface area (Å²) in [6.07, 6.45) is 8.26. The summed E-state index contributed by atoms with van der Waals surface area (Å²) in [6.45, 7) is 0.149. The van der Waals surface area contributed by atoms with E-state index in [2.05, 4.69) is 0 Å². The molecule has 0 saturated heterocycles. The number of ketones is 1. The van der Waals surface area contributed by atoms with E-state index in [0.29, 0.717) is 45.2 Å². The maximum Gasteiger partial charge on any atom is 0.258 e. The van der Waals surface area contributed by atoms with Crippen molar-refractivity contribution in [3.63, 3.8) is 0 Å². The maximum absolute atomic E-state index is 13.1. The normalized spacial score (nSPS) is 16.0. The van der Waals surface area contributed by atoms with Crippen LogP contribution in [0.2, 0.25) is 0 Å². The SMILES string of the molecule is Cn1c2c(c3c(c1=O)=CCC=CC=3)C(=O)c1cc3c(cc1-2)OCO3. The molecule has 1 aliphatic heterocycles. The van der Waals surface area contributed by atoms with Crippen molar-refractivity contribution in [2.75, 3.05) is 6.79 Å². The maximum atomic E-state index is 13.1. The molecule has 5 nitrogen and oxygen atoms in total. The molecule has 0 N–H and O–H groups in total. The van der Waals surface area contributed by atoms with E-state index in [1.165, 1.54) is 0 Å². The Hall–Kier alpha value is -3.08. The molecule has 0 radical (unpaired) electrons. The quantitative estimate of drug-likeness (QED) is 0.616. The third-order valence-corrected chi connectivity index (χ3v) is 4.76. The molecule has 24 heavy (non-hydrogen) atoms. The zero-order chi connectivity index (χ0) is 16.4. The van der Waals surface area contributed by atoms with Crippen molar-refractivity contribution in [1.29, 1.82) is 0 Å². The lowest BCUT2D eigenvalue weighted by atomic mass is 10.1. The number of nitrogens with zero attached hydrogens (tertiary/aromatic N) is 1. The van der Waals surface area contributed by atoms with Gasteiger partial charge in [-0.25, -0.2) is 0 Å². The Morgan fingerprint density at radius 1 is 1.04 bits per heavy atom. The van der Waals surface area contributed by atoms with Crippen molar-refractivity contribution < 1.29 is 14.3 Å². The highest BCUT2D eigenvalue weighted by molar-refractivity contribution is 6.21. The van der Waals surface area contributed by atoms with Gasteiger partial charge >= 0.3 is 0 Å². The monoisotopic (exact) mass is 319 g/mol. The molecule has 2 heterocycles. The predicted molar refractivity (Wildman–Crippen MR) is 88.6 cm³/mol. The first kappa shape index (κ1) is 13.4. The van der Waals surface area contributed by atoms with E-state index in [0.717, 1.165) is 5.56 Å². The van der Waals surface area contributed by atoms with Gasteiger partial charge in [-0.15, -0.1) is 0 Å². The van der Waals surface area contributed by atoms with Crippen LogP contribution in [0.3, 0.4) is 0 Å². The molecule has 118 valence electrons. The summed E-state index contributed by atoms with van der Waals surface area (Å²) in [4.78, 5) is 25.9. The molecule has 0 bridgehead atoms. The molecular weight excluding hydrogens is 306 g/mol. The summed E-state index contributed by atoms with van der Waals surface area (Å²) in [5.74, 6) is 1.10. The van der Waals surface area contributed by atoms with Crippen LogP contribution in [0.1, 0.15) is 22.3 Å². The number of benzene rings is 1. The van der Waals surface area contributed by atoms with Gasteiger partial charge in [0.25, 0.3) is 5.56 Å². The van der Waals surface area contributed by atoms with E-state index in [9.17, 15) is 9.59 Å². The summed E-state index contributed by atoms with van der Waals surface area (Å²) in [6, 6.07) is 3.51. The van der Waals surface area contributed by atoms with Crippen molar-refractivity contribution in [3.8, 4) is 22.8 Å². The first-order chi connectivity index (χ1) is 11.7. The lowest BCUT2D eigenvalue weighted by Gasteiger charge is -2.09. The summed E-state index contributed by atoms with van der Waals surface area (Å²) in [5.41, 5.74) is 2.41. The second-order valence-corrected chi connectivity index (χ2v) is 6.03. The lowest BCUT2D eigenvalue weighted by Crippen LogP contribution is -2.46. The van der Waals surface area contributed by atoms with Crippen LogP contribution in [-0.2, 0) is 7.05 Å². The minimum atomic E-state index is -0.0954. The van der Waals surface area contributed by atoms with Crippen LogP contribution >= 0.6 is 0 Å². The van der Waals surface area contributed by atoms with Gasteiger partial charge in [-0.05, 0) is 18.6 Å². The van der Waals surface area contributed by atoms with Crippen LogP contribution in [-0.4, -0.2) is 17.1 Å². The number of fused-ring (bicyclic) bond motifs is 6. The number of ether oxygens (including phenoxy) is 2. The average molecular weight is 319 g/mol. The van der Waals surface area contributed by atoms with Crippen molar-refractivity contribution >= 4 is 17.9 Å². The van der Waals surface area contributed by atoms with Gasteiger partial charge in [-0.1, -0.05) is 24.3 Å². The number of aromatic nitrogens is 1. The highest BCUT2D eigenvalue weighted by Crippen LogP contribution is 2.42. The van der Waals surface area contributed by atoms with Crippen LogP contribution < -0.4 is 25.5 Å². The largest absolute Gasteiger partial charge is 0.454 e. The Kier molecular flexibility index (Phi) is 2.49. The summed E-state index contributed by atoms with van der Waals surface area (Å²) >= 11 is 0. The molecule has 2 aliphatic carbocycles. The number of allylic oxidation sites excluding steroid dienone is 2. The fraction of sp³-hybridized carbons (Fsp3) is 0.158. The fourth-order valence-electron chi connectivity index (χ4n) is 3.63. The van der Waals surface area contributed by atoms with Crippen LogP contribution in [0.15, 0.2) is 29.1 Å². The van der Waals surface area contributed by atoms with E-state index >= 15 is 0 Å². The average Bonchev–Trinajstić information content (AvgIpc) is 3.04. The summed E-state index contributed by atoms with van der Waals surface area (Å²) in [5, 5.41) is 1.28. The number of hydrogen-bond donors (Lipinski definition) is 0. The smallest absolute Gasteiger partial charge is 0.258 e. The molecule has 0 unspecified atom stereocenters. The first-order valence-electron chi connectivity index (χ1n) is 7.75. The van der Waals surface area contributed by atoms with Gasteiger partial charge in [-0.3, -0.25) is 9.59 Å². The molecule has 0 spiro atoms. The Morgan fingerprint density at radius 3 is 2.58 bits per heavy atom. The molecular formula is C19H13NO4. The van der Waals surface area contributed by atoms with Crippen LogP contribution in [0, 0.1) is 0 Å². The summed E-state index contributed by atoms with van der Waals surface area (Å²) in [7, 11) is 1.71. The van der Waals surface area contributed by atoms with Gasteiger partial charge in [0.1, 0.15) is 0 Å². The topological polar surface area (TPSA) is 57.5 Å². The molecule has 3 aliphatic rings. The van der Waals surface area contributed by atoms with Crippen molar-refractivity contribution in [3.05, 3.63) is 56.2 Å². The number of pyridine rings is 1. The molecule has 0 atom stereocenters. The molecule has 2 aromatic rings. The van der Waals surface area contributed by atoms with E-state index in [4.69, 9.17) is 9.47 Å². The van der Waals surface area contributed by atoms with Gasteiger partial charge in [-0.2, -0.15) is 0 Å². The lowest BCUT2D eigenvalue weighted by molar-refractivity contribution is 0.104. The highest BCUT2D eigenvalue weighted by atomic mass is 16.7. The van der Waals surface area contributed by atoms with Crippen LogP contribution in [0.25, 0.3) is 23.4 Å². The van der Waals surface area contributed by atoms with E-state index in [-0.39, 0.29) is 18.1 Å². The highest BCUT2D eigenvalue weighted by Gasteiger charge is 2.33. The fourth-order valence-corrected chi connectivity index (χ4v) is 3.63. The van der Waals surface area contributed by atoms with Gasteiger partial charge in [0.15, 0.2) is 17.3 Å². The third kappa shape index (κ3) is 1.53. The van der Waals surface area contributed by atoms with Gasteiger partial charge in [0.05, 0.1) is 11.3 Å². The van der Waals surface area contributed by atoms with Crippen LogP contribution in [0.5, 0.6) is 11.5 Å². The predicted octanol–water partition coefficient (Wildman–Crippen LogP) is 0.846. The van der Waals surface area contributed by atoms with E-state index in [1.54, 1.807) is 23.7 Å². The summed E-state index contributed by atoms with van der Waals surface area (Å²) < 4.78 is 12.4. The number of hydrogen-bond acceptors (Lipinski definition) is 4. The number of carbonyl (C=O) groups is 1. The minimum Gasteiger partial charge on any atom is -0.454 e.